The minimum absolute atomic E-state index is 0.124. The van der Waals surface area contributed by atoms with Gasteiger partial charge in [0.15, 0.2) is 0 Å². The van der Waals surface area contributed by atoms with E-state index in [-0.39, 0.29) is 11.1 Å². The summed E-state index contributed by atoms with van der Waals surface area (Å²) < 4.78 is 4.30. The SMILES string of the molecule is CCCn1c(=O)c(-c2nc3ccccc3c(=O)n2CC)cc2cc(Br)ccc21. The minimum Gasteiger partial charge on any atom is -0.308 e. The Morgan fingerprint density at radius 3 is 2.50 bits per heavy atom. The van der Waals surface area contributed by atoms with Gasteiger partial charge in [-0.1, -0.05) is 35.0 Å². The van der Waals surface area contributed by atoms with E-state index in [0.29, 0.717) is 35.4 Å². The summed E-state index contributed by atoms with van der Waals surface area (Å²) in [5.41, 5.74) is 1.68. The molecule has 0 fully saturated rings. The van der Waals surface area contributed by atoms with Crippen molar-refractivity contribution in [3.8, 4) is 11.4 Å². The van der Waals surface area contributed by atoms with Gasteiger partial charge in [0.1, 0.15) is 5.82 Å². The number of pyridine rings is 1. The van der Waals surface area contributed by atoms with Crippen LogP contribution in [0.1, 0.15) is 20.3 Å². The highest BCUT2D eigenvalue weighted by Gasteiger charge is 2.17. The summed E-state index contributed by atoms with van der Waals surface area (Å²) >= 11 is 3.51. The first-order valence-corrected chi connectivity index (χ1v) is 10.2. The lowest BCUT2D eigenvalue weighted by atomic mass is 10.1. The van der Waals surface area contributed by atoms with Crippen molar-refractivity contribution in [2.24, 2.45) is 0 Å². The molecule has 28 heavy (non-hydrogen) atoms. The standard InChI is InChI=1S/C22H20BrN3O2/c1-3-11-26-19-10-9-15(23)12-14(19)13-17(22(26)28)20-24-18-8-6-5-7-16(18)21(27)25(20)4-2/h5-10,12-13H,3-4,11H2,1-2H3. The number of fused-ring (bicyclic) bond motifs is 2. The largest absolute Gasteiger partial charge is 0.308 e. The van der Waals surface area contributed by atoms with Crippen LogP contribution in [0, 0.1) is 0 Å². The fourth-order valence-electron chi connectivity index (χ4n) is 3.63. The van der Waals surface area contributed by atoms with Gasteiger partial charge in [-0.05, 0) is 49.7 Å². The lowest BCUT2D eigenvalue weighted by Crippen LogP contribution is -2.28. The molecule has 0 amide bonds. The van der Waals surface area contributed by atoms with Crippen LogP contribution in [0.15, 0.2) is 62.6 Å². The van der Waals surface area contributed by atoms with Crippen LogP contribution in [-0.4, -0.2) is 14.1 Å². The van der Waals surface area contributed by atoms with Crippen LogP contribution in [0.4, 0.5) is 0 Å². The van der Waals surface area contributed by atoms with Gasteiger partial charge in [0, 0.05) is 22.9 Å². The Morgan fingerprint density at radius 1 is 0.964 bits per heavy atom. The van der Waals surface area contributed by atoms with Crippen LogP contribution in [0.3, 0.4) is 0 Å². The average Bonchev–Trinajstić information content (AvgIpc) is 2.70. The number of aromatic nitrogens is 3. The van der Waals surface area contributed by atoms with E-state index < -0.39 is 0 Å². The topological polar surface area (TPSA) is 56.9 Å². The maximum absolute atomic E-state index is 13.4. The van der Waals surface area contributed by atoms with Crippen molar-refractivity contribution < 1.29 is 0 Å². The molecule has 0 bridgehead atoms. The van der Waals surface area contributed by atoms with Crippen molar-refractivity contribution in [1.29, 1.82) is 0 Å². The van der Waals surface area contributed by atoms with Gasteiger partial charge in [-0.3, -0.25) is 14.2 Å². The quantitative estimate of drug-likeness (QED) is 0.469. The van der Waals surface area contributed by atoms with Crippen molar-refractivity contribution >= 4 is 37.7 Å². The third-order valence-electron chi connectivity index (χ3n) is 4.92. The summed E-state index contributed by atoms with van der Waals surface area (Å²) in [6, 6.07) is 15.0. The van der Waals surface area contributed by atoms with E-state index in [1.54, 1.807) is 15.2 Å². The fraction of sp³-hybridized carbons (Fsp3) is 0.227. The van der Waals surface area contributed by atoms with Gasteiger partial charge in [-0.25, -0.2) is 4.98 Å². The smallest absolute Gasteiger partial charge is 0.262 e. The second-order valence-electron chi connectivity index (χ2n) is 6.72. The second kappa shape index (κ2) is 7.36. The zero-order chi connectivity index (χ0) is 19.8. The molecule has 4 rings (SSSR count). The molecule has 0 saturated heterocycles. The Bertz CT molecular complexity index is 1320. The first-order chi connectivity index (χ1) is 13.5. The maximum atomic E-state index is 13.4. The molecule has 2 aromatic heterocycles. The van der Waals surface area contributed by atoms with E-state index in [9.17, 15) is 9.59 Å². The highest BCUT2D eigenvalue weighted by Crippen LogP contribution is 2.24. The molecular weight excluding hydrogens is 418 g/mol. The molecule has 0 saturated carbocycles. The Kier molecular flexibility index (Phi) is 4.89. The molecule has 0 unspecified atom stereocenters. The monoisotopic (exact) mass is 437 g/mol. The van der Waals surface area contributed by atoms with E-state index >= 15 is 0 Å². The number of aryl methyl sites for hydroxylation is 1. The van der Waals surface area contributed by atoms with Crippen LogP contribution in [0.25, 0.3) is 33.2 Å². The number of nitrogens with zero attached hydrogens (tertiary/aromatic N) is 3. The summed E-state index contributed by atoms with van der Waals surface area (Å²) in [7, 11) is 0. The average molecular weight is 438 g/mol. The molecular formula is C22H20BrN3O2. The minimum atomic E-state index is -0.126. The maximum Gasteiger partial charge on any atom is 0.262 e. The van der Waals surface area contributed by atoms with Gasteiger partial charge in [-0.15, -0.1) is 0 Å². The number of para-hydroxylation sites is 1. The highest BCUT2D eigenvalue weighted by atomic mass is 79.9. The normalized spacial score (nSPS) is 11.4. The molecule has 0 aliphatic rings. The van der Waals surface area contributed by atoms with Gasteiger partial charge in [0.05, 0.1) is 22.0 Å². The Balaban J connectivity index is 2.14. The Morgan fingerprint density at radius 2 is 1.75 bits per heavy atom. The molecule has 4 aromatic rings. The Labute approximate surface area is 170 Å². The van der Waals surface area contributed by atoms with Gasteiger partial charge in [0.25, 0.3) is 11.1 Å². The predicted octanol–water partition coefficient (Wildman–Crippen LogP) is 4.57. The molecule has 5 nitrogen and oxygen atoms in total. The Hall–Kier alpha value is -2.73. The molecule has 0 N–H and O–H groups in total. The van der Waals surface area contributed by atoms with Gasteiger partial charge >= 0.3 is 0 Å². The molecule has 6 heteroatoms. The zero-order valence-electron chi connectivity index (χ0n) is 15.8. The number of benzene rings is 2. The molecule has 2 aromatic carbocycles. The van der Waals surface area contributed by atoms with Crippen LogP contribution in [-0.2, 0) is 13.1 Å². The number of hydrogen-bond donors (Lipinski definition) is 0. The lowest BCUT2D eigenvalue weighted by molar-refractivity contribution is 0.675. The summed E-state index contributed by atoms with van der Waals surface area (Å²) in [6.45, 7) is 4.98. The van der Waals surface area contributed by atoms with E-state index in [4.69, 9.17) is 4.98 Å². The van der Waals surface area contributed by atoms with Crippen molar-refractivity contribution in [2.45, 2.75) is 33.4 Å². The molecule has 0 radical (unpaired) electrons. The first kappa shape index (κ1) is 18.6. The number of rotatable bonds is 4. The van der Waals surface area contributed by atoms with Gasteiger partial charge < -0.3 is 4.57 Å². The lowest BCUT2D eigenvalue weighted by Gasteiger charge is -2.15. The van der Waals surface area contributed by atoms with Crippen LogP contribution in [0.5, 0.6) is 0 Å². The van der Waals surface area contributed by atoms with Crippen LogP contribution >= 0.6 is 15.9 Å². The molecule has 0 aliphatic heterocycles. The van der Waals surface area contributed by atoms with E-state index in [1.165, 1.54) is 0 Å². The summed E-state index contributed by atoms with van der Waals surface area (Å²) in [6.07, 6.45) is 0.834. The zero-order valence-corrected chi connectivity index (χ0v) is 17.4. The van der Waals surface area contributed by atoms with Crippen molar-refractivity contribution in [3.05, 3.63) is 73.7 Å². The first-order valence-electron chi connectivity index (χ1n) is 9.38. The van der Waals surface area contributed by atoms with Crippen molar-refractivity contribution in [3.63, 3.8) is 0 Å². The molecule has 2 heterocycles. The molecule has 0 spiro atoms. The van der Waals surface area contributed by atoms with Crippen LogP contribution in [0.2, 0.25) is 0 Å². The van der Waals surface area contributed by atoms with Gasteiger partial charge in [0.2, 0.25) is 0 Å². The van der Waals surface area contributed by atoms with E-state index in [1.807, 2.05) is 56.3 Å². The predicted molar refractivity (Wildman–Crippen MR) is 117 cm³/mol. The summed E-state index contributed by atoms with van der Waals surface area (Å²) in [5, 5.41) is 1.49. The van der Waals surface area contributed by atoms with E-state index in [0.717, 1.165) is 21.8 Å². The van der Waals surface area contributed by atoms with Crippen molar-refractivity contribution in [2.75, 3.05) is 0 Å². The fourth-order valence-corrected chi connectivity index (χ4v) is 4.01. The number of hydrogen-bond acceptors (Lipinski definition) is 3. The van der Waals surface area contributed by atoms with E-state index in [2.05, 4.69) is 15.9 Å². The highest BCUT2D eigenvalue weighted by molar-refractivity contribution is 9.10. The third-order valence-corrected chi connectivity index (χ3v) is 5.42. The van der Waals surface area contributed by atoms with Crippen LogP contribution < -0.4 is 11.1 Å². The molecule has 0 aliphatic carbocycles. The molecule has 0 atom stereocenters. The number of halogens is 1. The third kappa shape index (κ3) is 2.98. The second-order valence-corrected chi connectivity index (χ2v) is 7.64. The summed E-state index contributed by atoms with van der Waals surface area (Å²) in [5.74, 6) is 0.419. The summed E-state index contributed by atoms with van der Waals surface area (Å²) in [4.78, 5) is 31.1. The van der Waals surface area contributed by atoms with Gasteiger partial charge in [-0.2, -0.15) is 0 Å². The van der Waals surface area contributed by atoms with Crippen molar-refractivity contribution in [1.82, 2.24) is 14.1 Å². The molecule has 142 valence electrons.